The largest absolute Gasteiger partial charge is 0.484 e. The van der Waals surface area contributed by atoms with Crippen LogP contribution in [0.1, 0.15) is 56.4 Å². The molecule has 1 unspecified atom stereocenters. The minimum Gasteiger partial charge on any atom is -0.484 e. The molecule has 2 amide bonds. The number of nitrogens with zero attached hydrogens (tertiary/aromatic N) is 1. The average Bonchev–Trinajstić information content (AvgIpc) is 2.68. The monoisotopic (exact) mass is 502 g/mol. The highest BCUT2D eigenvalue weighted by Gasteiger charge is 2.31. The van der Waals surface area contributed by atoms with Gasteiger partial charge in [-0.25, -0.2) is 0 Å². The Hall–Kier alpha value is -2.34. The summed E-state index contributed by atoms with van der Waals surface area (Å²) in [4.78, 5) is 28.0. The van der Waals surface area contributed by atoms with E-state index in [2.05, 4.69) is 21.2 Å². The van der Waals surface area contributed by atoms with E-state index < -0.39 is 6.04 Å². The van der Waals surface area contributed by atoms with Gasteiger partial charge in [-0.3, -0.25) is 9.59 Å². The smallest absolute Gasteiger partial charge is 0.261 e. The summed E-state index contributed by atoms with van der Waals surface area (Å²) in [5, 5.41) is 3.02. The third-order valence-electron chi connectivity index (χ3n) is 5.09. The molecule has 0 saturated heterocycles. The first-order valence-corrected chi connectivity index (χ1v) is 11.8. The Morgan fingerprint density at radius 3 is 2.25 bits per heavy atom. The van der Waals surface area contributed by atoms with Gasteiger partial charge in [-0.2, -0.15) is 0 Å². The molecule has 0 aliphatic rings. The molecule has 0 bridgehead atoms. The average molecular weight is 503 g/mol. The molecule has 0 radical (unpaired) electrons. The molecule has 0 aliphatic carbocycles. The summed E-state index contributed by atoms with van der Waals surface area (Å²) >= 11 is 3.55. The quantitative estimate of drug-likeness (QED) is 0.520. The fraction of sp³-hybridized carbons (Fsp3) is 0.462. The van der Waals surface area contributed by atoms with Gasteiger partial charge in [-0.05, 0) is 76.8 Å². The lowest BCUT2D eigenvalue weighted by Crippen LogP contribution is -2.54. The van der Waals surface area contributed by atoms with Crippen LogP contribution in [0.15, 0.2) is 40.9 Å². The molecule has 0 aromatic heterocycles. The van der Waals surface area contributed by atoms with Crippen LogP contribution in [0, 0.1) is 20.8 Å². The molecule has 32 heavy (non-hydrogen) atoms. The Kier molecular flexibility index (Phi) is 8.90. The molecule has 174 valence electrons. The third kappa shape index (κ3) is 7.37. The Morgan fingerprint density at radius 1 is 1.09 bits per heavy atom. The summed E-state index contributed by atoms with van der Waals surface area (Å²) in [7, 11) is 0. The minimum absolute atomic E-state index is 0.133. The van der Waals surface area contributed by atoms with Crippen LogP contribution in [-0.2, 0) is 16.1 Å². The second-order valence-electron chi connectivity index (χ2n) is 9.33. The van der Waals surface area contributed by atoms with Crippen LogP contribution in [0.2, 0.25) is 0 Å². The van der Waals surface area contributed by atoms with Gasteiger partial charge in [0.1, 0.15) is 11.8 Å². The van der Waals surface area contributed by atoms with E-state index in [1.807, 2.05) is 84.9 Å². The van der Waals surface area contributed by atoms with Crippen molar-refractivity contribution in [2.45, 2.75) is 73.0 Å². The number of hydrogen-bond donors (Lipinski definition) is 1. The van der Waals surface area contributed by atoms with Crippen molar-refractivity contribution in [1.82, 2.24) is 10.2 Å². The fourth-order valence-electron chi connectivity index (χ4n) is 3.60. The van der Waals surface area contributed by atoms with Gasteiger partial charge in [0, 0.05) is 16.6 Å². The number of hydrogen-bond acceptors (Lipinski definition) is 3. The second-order valence-corrected chi connectivity index (χ2v) is 10.1. The molecule has 1 atom stereocenters. The van der Waals surface area contributed by atoms with Gasteiger partial charge < -0.3 is 15.0 Å². The molecule has 0 aliphatic heterocycles. The van der Waals surface area contributed by atoms with Crippen molar-refractivity contribution >= 4 is 27.7 Å². The number of amides is 2. The Morgan fingerprint density at radius 2 is 1.72 bits per heavy atom. The van der Waals surface area contributed by atoms with E-state index in [0.29, 0.717) is 18.7 Å². The topological polar surface area (TPSA) is 58.6 Å². The van der Waals surface area contributed by atoms with Crippen molar-refractivity contribution in [3.8, 4) is 5.75 Å². The van der Waals surface area contributed by atoms with Crippen LogP contribution in [0.5, 0.6) is 5.75 Å². The number of aryl methyl sites for hydroxylation is 3. The van der Waals surface area contributed by atoms with E-state index in [9.17, 15) is 9.59 Å². The predicted molar refractivity (Wildman–Crippen MR) is 133 cm³/mol. The van der Waals surface area contributed by atoms with E-state index in [1.54, 1.807) is 4.90 Å². The standard InChI is InChI=1S/C26H35BrN2O3/c1-8-22(25(31)28-26(5,6)7)29(15-20-11-9-10-17(2)12-20)23(30)16-32-21-13-18(3)24(27)19(4)14-21/h9-14,22H,8,15-16H2,1-7H3,(H,28,31). The molecule has 1 N–H and O–H groups in total. The van der Waals surface area contributed by atoms with Crippen LogP contribution in [0.3, 0.4) is 0 Å². The first-order valence-electron chi connectivity index (χ1n) is 11.0. The van der Waals surface area contributed by atoms with E-state index in [0.717, 1.165) is 26.7 Å². The maximum Gasteiger partial charge on any atom is 0.261 e. The van der Waals surface area contributed by atoms with Crippen LogP contribution in [-0.4, -0.2) is 34.9 Å². The van der Waals surface area contributed by atoms with Crippen molar-refractivity contribution in [3.63, 3.8) is 0 Å². The van der Waals surface area contributed by atoms with Crippen molar-refractivity contribution in [2.24, 2.45) is 0 Å². The van der Waals surface area contributed by atoms with Gasteiger partial charge in [-0.15, -0.1) is 0 Å². The number of carbonyl (C=O) groups is 2. The van der Waals surface area contributed by atoms with Crippen molar-refractivity contribution < 1.29 is 14.3 Å². The summed E-state index contributed by atoms with van der Waals surface area (Å²) in [5.74, 6) is 0.260. The van der Waals surface area contributed by atoms with E-state index in [1.165, 1.54) is 0 Å². The summed E-state index contributed by atoms with van der Waals surface area (Å²) < 4.78 is 6.89. The molecule has 2 aromatic carbocycles. The van der Waals surface area contributed by atoms with E-state index in [4.69, 9.17) is 4.74 Å². The van der Waals surface area contributed by atoms with Crippen LogP contribution >= 0.6 is 15.9 Å². The fourth-order valence-corrected chi connectivity index (χ4v) is 3.83. The normalized spacial score (nSPS) is 12.2. The Bertz CT molecular complexity index is 943. The number of ether oxygens (including phenoxy) is 1. The minimum atomic E-state index is -0.584. The highest BCUT2D eigenvalue weighted by Crippen LogP contribution is 2.26. The summed E-state index contributed by atoms with van der Waals surface area (Å²) in [6.07, 6.45) is 0.510. The summed E-state index contributed by atoms with van der Waals surface area (Å²) in [5.41, 5.74) is 3.79. The molecule has 6 heteroatoms. The Balaban J connectivity index is 2.27. The van der Waals surface area contributed by atoms with Crippen LogP contribution in [0.25, 0.3) is 0 Å². The SMILES string of the molecule is CCC(C(=O)NC(C)(C)C)N(Cc1cccc(C)c1)C(=O)COc1cc(C)c(Br)c(C)c1. The first kappa shape index (κ1) is 25.9. The predicted octanol–water partition coefficient (Wildman–Crippen LogP) is 5.48. The second kappa shape index (κ2) is 11.0. The number of nitrogens with one attached hydrogen (secondary N) is 1. The van der Waals surface area contributed by atoms with Gasteiger partial charge in [0.25, 0.3) is 5.91 Å². The zero-order valence-electron chi connectivity index (χ0n) is 20.2. The van der Waals surface area contributed by atoms with Crippen LogP contribution in [0.4, 0.5) is 0 Å². The number of benzene rings is 2. The molecular formula is C26H35BrN2O3. The van der Waals surface area contributed by atoms with Gasteiger partial charge in [-0.1, -0.05) is 52.7 Å². The molecular weight excluding hydrogens is 468 g/mol. The lowest BCUT2D eigenvalue weighted by Gasteiger charge is -2.33. The van der Waals surface area contributed by atoms with Gasteiger partial charge in [0.05, 0.1) is 0 Å². The van der Waals surface area contributed by atoms with Crippen molar-refractivity contribution in [1.29, 1.82) is 0 Å². The molecule has 5 nitrogen and oxygen atoms in total. The van der Waals surface area contributed by atoms with Gasteiger partial charge >= 0.3 is 0 Å². The number of rotatable bonds is 8. The lowest BCUT2D eigenvalue weighted by molar-refractivity contribution is -0.143. The third-order valence-corrected chi connectivity index (χ3v) is 6.34. The van der Waals surface area contributed by atoms with Crippen molar-refractivity contribution in [3.05, 3.63) is 63.1 Å². The molecule has 0 heterocycles. The zero-order chi connectivity index (χ0) is 24.1. The molecule has 2 rings (SSSR count). The molecule has 0 saturated carbocycles. The van der Waals surface area contributed by atoms with E-state index in [-0.39, 0.29) is 24.0 Å². The maximum absolute atomic E-state index is 13.3. The number of halogens is 1. The number of carbonyl (C=O) groups excluding carboxylic acids is 2. The Labute approximate surface area is 200 Å². The summed E-state index contributed by atoms with van der Waals surface area (Å²) in [6.45, 7) is 13.9. The van der Waals surface area contributed by atoms with Crippen LogP contribution < -0.4 is 10.1 Å². The molecule has 0 fully saturated rings. The highest BCUT2D eigenvalue weighted by atomic mass is 79.9. The first-order chi connectivity index (χ1) is 14.9. The molecule has 0 spiro atoms. The molecule has 2 aromatic rings. The highest BCUT2D eigenvalue weighted by molar-refractivity contribution is 9.10. The maximum atomic E-state index is 13.3. The summed E-state index contributed by atoms with van der Waals surface area (Å²) in [6, 6.07) is 11.2. The lowest BCUT2D eigenvalue weighted by atomic mass is 10.1. The zero-order valence-corrected chi connectivity index (χ0v) is 21.8. The van der Waals surface area contributed by atoms with E-state index >= 15 is 0 Å². The van der Waals surface area contributed by atoms with Gasteiger partial charge in [0.2, 0.25) is 5.91 Å². The van der Waals surface area contributed by atoms with Gasteiger partial charge in [0.15, 0.2) is 6.61 Å². The van der Waals surface area contributed by atoms with Crippen molar-refractivity contribution in [2.75, 3.05) is 6.61 Å².